The summed E-state index contributed by atoms with van der Waals surface area (Å²) in [6.45, 7) is 11.4. The Bertz CT molecular complexity index is 663. The van der Waals surface area contributed by atoms with Crippen molar-refractivity contribution in [2.24, 2.45) is 58.2 Å². The van der Waals surface area contributed by atoms with Crippen LogP contribution < -0.4 is 0 Å². The molecule has 3 unspecified atom stereocenters. The molecule has 0 spiro atoms. The molecule has 0 aliphatic heterocycles. The molecule has 4 aliphatic rings. The van der Waals surface area contributed by atoms with Crippen molar-refractivity contribution >= 4 is 5.97 Å². The van der Waals surface area contributed by atoms with Crippen LogP contribution in [0.3, 0.4) is 0 Å². The smallest absolute Gasteiger partial charge is 0.303 e. The van der Waals surface area contributed by atoms with Crippen molar-refractivity contribution in [3.8, 4) is 0 Å². The number of hydrogen-bond donors (Lipinski definition) is 3. The second-order valence-corrected chi connectivity index (χ2v) is 12.3. The second kappa shape index (κ2) is 7.76. The van der Waals surface area contributed by atoms with Crippen molar-refractivity contribution in [1.29, 1.82) is 0 Å². The predicted octanol–water partition coefficient (Wildman–Crippen LogP) is 4.97. The molecule has 0 radical (unpaired) electrons. The molecule has 30 heavy (non-hydrogen) atoms. The van der Waals surface area contributed by atoms with Gasteiger partial charge in [-0.2, -0.15) is 0 Å². The van der Waals surface area contributed by atoms with Gasteiger partial charge >= 0.3 is 5.97 Å². The molecule has 4 fully saturated rings. The third-order valence-electron chi connectivity index (χ3n) is 10.9. The number of carboxylic acid groups (broad SMARTS) is 1. The van der Waals surface area contributed by atoms with Gasteiger partial charge in [0.05, 0.1) is 12.2 Å². The van der Waals surface area contributed by atoms with Crippen LogP contribution in [0.25, 0.3) is 0 Å². The number of aliphatic carboxylic acids is 1. The fourth-order valence-corrected chi connectivity index (χ4v) is 9.69. The molecule has 4 aliphatic carbocycles. The summed E-state index contributed by atoms with van der Waals surface area (Å²) in [6, 6.07) is 0. The lowest BCUT2D eigenvalue weighted by atomic mass is 9.40. The van der Waals surface area contributed by atoms with Gasteiger partial charge in [-0.1, -0.05) is 47.5 Å². The summed E-state index contributed by atoms with van der Waals surface area (Å²) in [5.74, 6) is 1.97. The standard InChI is InChI=1S/C26H44O4/c1-6-16-19-11-14(2)9-10-25(19,4)23-20(27)13-26(5)17(15(3)12-21(28)29)7-8-18(26)22(23)24(16)30/h14-20,22-24,27,30H,6-13H2,1-5H3,(H,28,29)/t14-,15-,16-,17-,18?,19+,20+,22?,23?,24-,25+,26-/m1/s1. The Hall–Kier alpha value is -0.610. The lowest BCUT2D eigenvalue weighted by molar-refractivity contribution is -0.232. The minimum Gasteiger partial charge on any atom is -0.481 e. The van der Waals surface area contributed by atoms with Crippen molar-refractivity contribution in [3.63, 3.8) is 0 Å². The van der Waals surface area contributed by atoms with E-state index in [2.05, 4.69) is 34.6 Å². The molecular weight excluding hydrogens is 376 g/mol. The van der Waals surface area contributed by atoms with Crippen molar-refractivity contribution in [2.75, 3.05) is 0 Å². The van der Waals surface area contributed by atoms with E-state index in [-0.39, 0.29) is 47.2 Å². The maximum absolute atomic E-state index is 11.7. The predicted molar refractivity (Wildman–Crippen MR) is 118 cm³/mol. The van der Waals surface area contributed by atoms with E-state index < -0.39 is 5.97 Å². The van der Waals surface area contributed by atoms with Crippen LogP contribution in [0, 0.1) is 58.2 Å². The molecule has 0 aromatic heterocycles. The monoisotopic (exact) mass is 420 g/mol. The lowest BCUT2D eigenvalue weighted by Gasteiger charge is -2.66. The SMILES string of the molecule is CC[C@H]1[C@@H](O)C2C3CC[C@H]([C@H](C)CC(=O)O)[C@@]3(C)C[C@H](O)C2[C@@]2(C)CC[C@@H](C)C[C@@H]12. The van der Waals surface area contributed by atoms with Crippen LogP contribution in [-0.4, -0.2) is 33.5 Å². The maximum atomic E-state index is 11.7. The van der Waals surface area contributed by atoms with E-state index in [1.54, 1.807) is 0 Å². The van der Waals surface area contributed by atoms with E-state index in [1.807, 2.05) is 0 Å². The zero-order chi connectivity index (χ0) is 22.0. The minimum atomic E-state index is -0.723. The summed E-state index contributed by atoms with van der Waals surface area (Å²) < 4.78 is 0. The van der Waals surface area contributed by atoms with Gasteiger partial charge in [-0.25, -0.2) is 0 Å². The first-order chi connectivity index (χ1) is 14.0. The van der Waals surface area contributed by atoms with Crippen LogP contribution in [0.4, 0.5) is 0 Å². The van der Waals surface area contributed by atoms with E-state index in [0.717, 1.165) is 25.7 Å². The number of aliphatic hydroxyl groups is 2. The fourth-order valence-electron chi connectivity index (χ4n) is 9.69. The third kappa shape index (κ3) is 3.18. The Morgan fingerprint density at radius 3 is 2.43 bits per heavy atom. The molecule has 0 saturated heterocycles. The van der Waals surface area contributed by atoms with Gasteiger partial charge in [0, 0.05) is 6.42 Å². The first-order valence-corrected chi connectivity index (χ1v) is 12.6. The van der Waals surface area contributed by atoms with Crippen molar-refractivity contribution in [3.05, 3.63) is 0 Å². The summed E-state index contributed by atoms with van der Waals surface area (Å²) in [4.78, 5) is 11.4. The van der Waals surface area contributed by atoms with E-state index in [9.17, 15) is 20.1 Å². The number of rotatable bonds is 4. The molecular formula is C26H44O4. The normalized spacial score (nSPS) is 54.0. The Labute approximate surface area is 182 Å². The first kappa shape index (κ1) is 22.6. The molecule has 4 heteroatoms. The van der Waals surface area contributed by atoms with E-state index in [1.165, 1.54) is 19.3 Å². The second-order valence-electron chi connectivity index (χ2n) is 12.3. The molecule has 0 bridgehead atoms. The Balaban J connectivity index is 1.71. The summed E-state index contributed by atoms with van der Waals surface area (Å²) in [7, 11) is 0. The number of hydrogen-bond acceptors (Lipinski definition) is 3. The van der Waals surface area contributed by atoms with Crippen LogP contribution in [0.1, 0.15) is 86.0 Å². The third-order valence-corrected chi connectivity index (χ3v) is 10.9. The number of carbonyl (C=O) groups is 1. The van der Waals surface area contributed by atoms with Crippen molar-refractivity contribution in [1.82, 2.24) is 0 Å². The molecule has 4 rings (SSSR count). The molecule has 3 N–H and O–H groups in total. The number of carboxylic acids is 1. The summed E-state index contributed by atoms with van der Waals surface area (Å²) in [5, 5.41) is 32.7. The maximum Gasteiger partial charge on any atom is 0.303 e. The number of aliphatic hydroxyl groups excluding tert-OH is 2. The fraction of sp³-hybridized carbons (Fsp3) is 0.962. The highest BCUT2D eigenvalue weighted by molar-refractivity contribution is 5.67. The molecule has 172 valence electrons. The van der Waals surface area contributed by atoms with Crippen LogP contribution in [0.15, 0.2) is 0 Å². The molecule has 0 aromatic rings. The molecule has 12 atom stereocenters. The average Bonchev–Trinajstić information content (AvgIpc) is 2.99. The zero-order valence-electron chi connectivity index (χ0n) is 19.7. The van der Waals surface area contributed by atoms with E-state index in [0.29, 0.717) is 29.6 Å². The summed E-state index contributed by atoms with van der Waals surface area (Å²) >= 11 is 0. The van der Waals surface area contributed by atoms with Crippen LogP contribution >= 0.6 is 0 Å². The Morgan fingerprint density at radius 2 is 1.80 bits per heavy atom. The van der Waals surface area contributed by atoms with Gasteiger partial charge in [0.25, 0.3) is 0 Å². The average molecular weight is 421 g/mol. The van der Waals surface area contributed by atoms with Crippen molar-refractivity contribution in [2.45, 2.75) is 98.2 Å². The van der Waals surface area contributed by atoms with Gasteiger partial charge in [-0.15, -0.1) is 0 Å². The number of fused-ring (bicyclic) bond motifs is 5. The van der Waals surface area contributed by atoms with Gasteiger partial charge in [0.1, 0.15) is 0 Å². The van der Waals surface area contributed by atoms with Gasteiger partial charge < -0.3 is 15.3 Å². The minimum absolute atomic E-state index is 0.0696. The largest absolute Gasteiger partial charge is 0.481 e. The Morgan fingerprint density at radius 1 is 1.10 bits per heavy atom. The van der Waals surface area contributed by atoms with Gasteiger partial charge in [0.15, 0.2) is 0 Å². The first-order valence-electron chi connectivity index (χ1n) is 12.6. The summed E-state index contributed by atoms with van der Waals surface area (Å²) in [6.07, 6.45) is 6.95. The molecule has 0 aromatic carbocycles. The summed E-state index contributed by atoms with van der Waals surface area (Å²) in [5.41, 5.74) is 0.0441. The molecule has 0 amide bonds. The topological polar surface area (TPSA) is 77.8 Å². The highest BCUT2D eigenvalue weighted by Gasteiger charge is 2.67. The van der Waals surface area contributed by atoms with Crippen molar-refractivity contribution < 1.29 is 20.1 Å². The lowest BCUT2D eigenvalue weighted by Crippen LogP contribution is -2.65. The highest BCUT2D eigenvalue weighted by atomic mass is 16.4. The van der Waals surface area contributed by atoms with Gasteiger partial charge in [-0.05, 0) is 90.3 Å². The molecule has 0 heterocycles. The van der Waals surface area contributed by atoms with Crippen LogP contribution in [0.5, 0.6) is 0 Å². The van der Waals surface area contributed by atoms with Gasteiger partial charge in [0.2, 0.25) is 0 Å². The Kier molecular flexibility index (Phi) is 5.84. The van der Waals surface area contributed by atoms with Crippen LogP contribution in [0.2, 0.25) is 0 Å². The molecule has 4 nitrogen and oxygen atoms in total. The van der Waals surface area contributed by atoms with E-state index >= 15 is 0 Å². The highest BCUT2D eigenvalue weighted by Crippen LogP contribution is 2.69. The zero-order valence-corrected chi connectivity index (χ0v) is 19.7. The quantitative estimate of drug-likeness (QED) is 0.600. The molecule has 4 saturated carbocycles. The van der Waals surface area contributed by atoms with E-state index in [4.69, 9.17) is 0 Å². The van der Waals surface area contributed by atoms with Crippen LogP contribution in [-0.2, 0) is 4.79 Å². The van der Waals surface area contributed by atoms with Gasteiger partial charge in [-0.3, -0.25) is 4.79 Å².